The molecular formula is C15H21N. The van der Waals surface area contributed by atoms with Crippen LogP contribution >= 0.6 is 0 Å². The van der Waals surface area contributed by atoms with Gasteiger partial charge in [0.05, 0.1) is 0 Å². The van der Waals surface area contributed by atoms with Gasteiger partial charge in [-0.2, -0.15) is 0 Å². The van der Waals surface area contributed by atoms with Gasteiger partial charge >= 0.3 is 0 Å². The Morgan fingerprint density at radius 2 is 2.00 bits per heavy atom. The third-order valence-electron chi connectivity index (χ3n) is 3.87. The molecule has 0 atom stereocenters. The van der Waals surface area contributed by atoms with Crippen molar-refractivity contribution in [3.63, 3.8) is 0 Å². The van der Waals surface area contributed by atoms with Gasteiger partial charge in [0.25, 0.3) is 0 Å². The fourth-order valence-electron chi connectivity index (χ4n) is 2.29. The lowest BCUT2D eigenvalue weighted by Crippen LogP contribution is -2.16. The molecule has 16 heavy (non-hydrogen) atoms. The summed E-state index contributed by atoms with van der Waals surface area (Å²) < 4.78 is 0. The van der Waals surface area contributed by atoms with Crippen LogP contribution in [0.25, 0.3) is 0 Å². The van der Waals surface area contributed by atoms with E-state index in [2.05, 4.69) is 30.4 Å². The molecule has 2 aliphatic rings. The first-order valence-corrected chi connectivity index (χ1v) is 6.63. The Labute approximate surface area is 98.3 Å². The van der Waals surface area contributed by atoms with Crippen molar-refractivity contribution in [1.29, 1.82) is 0 Å². The van der Waals surface area contributed by atoms with Gasteiger partial charge in [0.15, 0.2) is 0 Å². The molecule has 0 radical (unpaired) electrons. The monoisotopic (exact) mass is 215 g/mol. The summed E-state index contributed by atoms with van der Waals surface area (Å²) in [5.74, 6) is 1.86. The van der Waals surface area contributed by atoms with Crippen LogP contribution in [0.4, 0.5) is 0 Å². The molecule has 0 spiro atoms. The summed E-state index contributed by atoms with van der Waals surface area (Å²) in [6.07, 6.45) is 5.68. The molecule has 2 aliphatic carbocycles. The van der Waals surface area contributed by atoms with Crippen LogP contribution in [-0.4, -0.2) is 6.54 Å². The largest absolute Gasteiger partial charge is 0.312 e. The van der Waals surface area contributed by atoms with E-state index < -0.39 is 0 Å². The molecule has 1 nitrogen and oxygen atoms in total. The molecule has 1 aromatic rings. The Hall–Kier alpha value is -0.820. The molecule has 86 valence electrons. The highest BCUT2D eigenvalue weighted by molar-refractivity contribution is 5.34. The Morgan fingerprint density at radius 3 is 2.69 bits per heavy atom. The Morgan fingerprint density at radius 1 is 1.19 bits per heavy atom. The first-order chi connectivity index (χ1) is 7.83. The maximum atomic E-state index is 3.59. The molecule has 3 rings (SSSR count). The van der Waals surface area contributed by atoms with Gasteiger partial charge < -0.3 is 5.32 Å². The molecule has 0 amide bonds. The second kappa shape index (κ2) is 4.21. The van der Waals surface area contributed by atoms with Crippen LogP contribution < -0.4 is 5.32 Å². The fraction of sp³-hybridized carbons (Fsp3) is 0.600. The molecule has 0 aromatic heterocycles. The molecule has 2 saturated carbocycles. The summed E-state index contributed by atoms with van der Waals surface area (Å²) in [5.41, 5.74) is 4.51. The first kappa shape index (κ1) is 10.3. The van der Waals surface area contributed by atoms with Crippen LogP contribution in [0.1, 0.15) is 48.3 Å². The lowest BCUT2D eigenvalue weighted by atomic mass is 10.0. The molecular weight excluding hydrogens is 194 g/mol. The van der Waals surface area contributed by atoms with Crippen molar-refractivity contribution in [1.82, 2.24) is 5.32 Å². The van der Waals surface area contributed by atoms with Gasteiger partial charge in [-0.15, -0.1) is 0 Å². The average molecular weight is 215 g/mol. The SMILES string of the molecule is Cc1ccc(C2CC2)cc1CNCC1CC1. The van der Waals surface area contributed by atoms with Crippen molar-refractivity contribution in [3.8, 4) is 0 Å². The Balaban J connectivity index is 1.63. The molecule has 0 saturated heterocycles. The molecule has 0 bridgehead atoms. The molecule has 1 N–H and O–H groups in total. The number of rotatable bonds is 5. The van der Waals surface area contributed by atoms with E-state index >= 15 is 0 Å². The molecule has 0 unspecified atom stereocenters. The molecule has 2 fully saturated rings. The molecule has 0 heterocycles. The number of hydrogen-bond acceptors (Lipinski definition) is 1. The number of aryl methyl sites for hydroxylation is 1. The second-order valence-corrected chi connectivity index (χ2v) is 5.53. The zero-order valence-corrected chi connectivity index (χ0v) is 10.1. The highest BCUT2D eigenvalue weighted by atomic mass is 14.9. The predicted molar refractivity (Wildman–Crippen MR) is 67.6 cm³/mol. The smallest absolute Gasteiger partial charge is 0.0208 e. The van der Waals surface area contributed by atoms with Gasteiger partial charge in [0.2, 0.25) is 0 Å². The number of benzene rings is 1. The normalized spacial score (nSPS) is 20.1. The molecule has 0 aliphatic heterocycles. The van der Waals surface area contributed by atoms with Gasteiger partial charge in [-0.1, -0.05) is 18.2 Å². The number of nitrogens with one attached hydrogen (secondary N) is 1. The van der Waals surface area contributed by atoms with Crippen LogP contribution in [0, 0.1) is 12.8 Å². The summed E-state index contributed by atoms with van der Waals surface area (Å²) in [6.45, 7) is 4.50. The van der Waals surface area contributed by atoms with Gasteiger partial charge in [-0.05, 0) is 67.7 Å². The van der Waals surface area contributed by atoms with Crippen molar-refractivity contribution in [2.24, 2.45) is 5.92 Å². The topological polar surface area (TPSA) is 12.0 Å². The van der Waals surface area contributed by atoms with Crippen molar-refractivity contribution in [2.45, 2.75) is 45.1 Å². The van der Waals surface area contributed by atoms with Gasteiger partial charge in [0.1, 0.15) is 0 Å². The van der Waals surface area contributed by atoms with E-state index in [9.17, 15) is 0 Å². The summed E-state index contributed by atoms with van der Waals surface area (Å²) in [7, 11) is 0. The maximum absolute atomic E-state index is 3.59. The Bertz CT molecular complexity index is 375. The zero-order chi connectivity index (χ0) is 11.0. The van der Waals surface area contributed by atoms with Crippen LogP contribution in [0.15, 0.2) is 18.2 Å². The predicted octanol–water partition coefficient (Wildman–Crippen LogP) is 3.37. The van der Waals surface area contributed by atoms with Crippen molar-refractivity contribution < 1.29 is 0 Å². The highest BCUT2D eigenvalue weighted by Crippen LogP contribution is 2.40. The third-order valence-corrected chi connectivity index (χ3v) is 3.87. The lowest BCUT2D eigenvalue weighted by molar-refractivity contribution is 0.636. The second-order valence-electron chi connectivity index (χ2n) is 5.53. The highest BCUT2D eigenvalue weighted by Gasteiger charge is 2.24. The first-order valence-electron chi connectivity index (χ1n) is 6.63. The van der Waals surface area contributed by atoms with Crippen LogP contribution in [0.5, 0.6) is 0 Å². The lowest BCUT2D eigenvalue weighted by Gasteiger charge is -2.09. The van der Waals surface area contributed by atoms with E-state index in [0.717, 1.165) is 18.4 Å². The summed E-state index contributed by atoms with van der Waals surface area (Å²) >= 11 is 0. The molecule has 1 heteroatoms. The van der Waals surface area contributed by atoms with Crippen LogP contribution in [0.2, 0.25) is 0 Å². The van der Waals surface area contributed by atoms with E-state index in [1.54, 1.807) is 5.56 Å². The van der Waals surface area contributed by atoms with Crippen molar-refractivity contribution in [3.05, 3.63) is 34.9 Å². The minimum atomic E-state index is 0.878. The Kier molecular flexibility index (Phi) is 2.72. The van der Waals surface area contributed by atoms with Crippen LogP contribution in [-0.2, 0) is 6.54 Å². The van der Waals surface area contributed by atoms with E-state index in [4.69, 9.17) is 0 Å². The average Bonchev–Trinajstić information content (AvgIpc) is 3.15. The van der Waals surface area contributed by atoms with E-state index in [1.165, 1.54) is 43.4 Å². The van der Waals surface area contributed by atoms with E-state index in [-0.39, 0.29) is 0 Å². The summed E-state index contributed by atoms with van der Waals surface area (Å²) in [6, 6.07) is 7.03. The standard InChI is InChI=1S/C15H21N/c1-11-2-5-14(13-6-7-13)8-15(11)10-16-9-12-3-4-12/h2,5,8,12-13,16H,3-4,6-7,9-10H2,1H3. The summed E-state index contributed by atoms with van der Waals surface area (Å²) in [4.78, 5) is 0. The minimum absolute atomic E-state index is 0.878. The molecule has 1 aromatic carbocycles. The van der Waals surface area contributed by atoms with Gasteiger partial charge in [-0.25, -0.2) is 0 Å². The number of hydrogen-bond donors (Lipinski definition) is 1. The van der Waals surface area contributed by atoms with E-state index in [1.807, 2.05) is 0 Å². The van der Waals surface area contributed by atoms with Crippen molar-refractivity contribution in [2.75, 3.05) is 6.54 Å². The fourth-order valence-corrected chi connectivity index (χ4v) is 2.29. The van der Waals surface area contributed by atoms with Gasteiger partial charge in [0, 0.05) is 6.54 Å². The van der Waals surface area contributed by atoms with Gasteiger partial charge in [-0.3, -0.25) is 0 Å². The summed E-state index contributed by atoms with van der Waals surface area (Å²) in [5, 5.41) is 3.59. The minimum Gasteiger partial charge on any atom is -0.312 e. The zero-order valence-electron chi connectivity index (χ0n) is 10.1. The third kappa shape index (κ3) is 2.46. The van der Waals surface area contributed by atoms with E-state index in [0.29, 0.717) is 0 Å². The maximum Gasteiger partial charge on any atom is 0.0208 e. The quantitative estimate of drug-likeness (QED) is 0.794. The van der Waals surface area contributed by atoms with Crippen LogP contribution in [0.3, 0.4) is 0 Å². The van der Waals surface area contributed by atoms with Crippen molar-refractivity contribution >= 4 is 0 Å².